The van der Waals surface area contributed by atoms with Crippen LogP contribution in [0.15, 0.2) is 28.7 Å². The van der Waals surface area contributed by atoms with Crippen molar-refractivity contribution in [1.82, 2.24) is 4.31 Å². The van der Waals surface area contributed by atoms with Crippen LogP contribution in [0.1, 0.15) is 30.4 Å². The molecule has 0 amide bonds. The van der Waals surface area contributed by atoms with Gasteiger partial charge in [-0.25, -0.2) is 0 Å². The number of hydrogen-bond acceptors (Lipinski definition) is 5. The number of nitrogens with zero attached hydrogens (tertiary/aromatic N) is 1. The molecule has 0 spiro atoms. The Morgan fingerprint density at radius 2 is 2.04 bits per heavy atom. The molecule has 1 fully saturated rings. The van der Waals surface area contributed by atoms with Gasteiger partial charge in [-0.1, -0.05) is 34.1 Å². The van der Waals surface area contributed by atoms with E-state index in [1.807, 2.05) is 25.1 Å². The first-order valence-corrected chi connectivity index (χ1v) is 10.8. The molecule has 2 aliphatic heterocycles. The average molecular weight is 444 g/mol. The summed E-state index contributed by atoms with van der Waals surface area (Å²) in [6.45, 7) is 3.44. The van der Waals surface area contributed by atoms with Crippen LogP contribution in [0, 0.1) is 12.8 Å². The summed E-state index contributed by atoms with van der Waals surface area (Å²) in [6.07, 6.45) is 3.46. The zero-order chi connectivity index (χ0) is 18.7. The standard InChI is InChI=1S/C18H22BrNO5S/c1-13-12-16(2-3-17(13)19)14-4-8-20(9-5-14)26(22,23)25-18(21)15-6-10-24-11-7-15/h2-4,12,15H,5-11H2,1H3. The van der Waals surface area contributed by atoms with E-state index in [1.165, 1.54) is 4.31 Å². The predicted molar refractivity (Wildman–Crippen MR) is 102 cm³/mol. The third kappa shape index (κ3) is 4.54. The molecule has 0 N–H and O–H groups in total. The number of hydrogen-bond donors (Lipinski definition) is 0. The molecule has 6 nitrogen and oxygen atoms in total. The van der Waals surface area contributed by atoms with Crippen molar-refractivity contribution in [2.24, 2.45) is 5.92 Å². The number of aryl methyl sites for hydroxylation is 1. The molecular formula is C18H22BrNO5S. The smallest absolute Gasteiger partial charge is 0.381 e. The third-order valence-electron chi connectivity index (χ3n) is 4.76. The van der Waals surface area contributed by atoms with Gasteiger partial charge in [-0.2, -0.15) is 12.7 Å². The number of benzene rings is 1. The summed E-state index contributed by atoms with van der Waals surface area (Å²) in [5.41, 5.74) is 3.31. The highest BCUT2D eigenvalue weighted by Crippen LogP contribution is 2.27. The Bertz CT molecular complexity index is 815. The molecule has 142 valence electrons. The van der Waals surface area contributed by atoms with Crippen molar-refractivity contribution in [2.75, 3.05) is 26.3 Å². The molecule has 1 aromatic carbocycles. The van der Waals surface area contributed by atoms with Crippen molar-refractivity contribution in [3.8, 4) is 0 Å². The van der Waals surface area contributed by atoms with Crippen LogP contribution >= 0.6 is 15.9 Å². The zero-order valence-electron chi connectivity index (χ0n) is 14.6. The SMILES string of the molecule is Cc1cc(C2=CCN(S(=O)(=O)OC(=O)C3CCOCC3)CC2)ccc1Br. The molecule has 0 aliphatic carbocycles. The van der Waals surface area contributed by atoms with Crippen LogP contribution in [-0.2, 0) is 24.0 Å². The van der Waals surface area contributed by atoms with E-state index in [2.05, 4.69) is 22.0 Å². The van der Waals surface area contributed by atoms with Crippen LogP contribution in [0.25, 0.3) is 5.57 Å². The van der Waals surface area contributed by atoms with E-state index in [1.54, 1.807) is 0 Å². The molecule has 3 rings (SSSR count). The molecule has 1 saturated heterocycles. The Morgan fingerprint density at radius 3 is 2.65 bits per heavy atom. The van der Waals surface area contributed by atoms with Gasteiger partial charge in [0.2, 0.25) is 0 Å². The molecule has 0 aromatic heterocycles. The maximum Gasteiger partial charge on any atom is 0.387 e. The lowest BCUT2D eigenvalue weighted by Crippen LogP contribution is -2.38. The summed E-state index contributed by atoms with van der Waals surface area (Å²) >= 11 is 3.48. The molecule has 1 aromatic rings. The van der Waals surface area contributed by atoms with E-state index >= 15 is 0 Å². The van der Waals surface area contributed by atoms with Gasteiger partial charge in [0, 0.05) is 30.8 Å². The highest BCUT2D eigenvalue weighted by atomic mass is 79.9. The number of carbonyl (C=O) groups excluding carboxylic acids is 1. The minimum Gasteiger partial charge on any atom is -0.381 e. The monoisotopic (exact) mass is 443 g/mol. The Labute approximate surface area is 162 Å². The topological polar surface area (TPSA) is 72.9 Å². The molecule has 2 heterocycles. The van der Waals surface area contributed by atoms with Crippen molar-refractivity contribution in [3.63, 3.8) is 0 Å². The van der Waals surface area contributed by atoms with Crippen LogP contribution in [-0.4, -0.2) is 45.0 Å². The highest BCUT2D eigenvalue weighted by Gasteiger charge is 2.32. The quantitative estimate of drug-likeness (QED) is 0.714. The molecule has 0 unspecified atom stereocenters. The molecule has 2 aliphatic rings. The lowest BCUT2D eigenvalue weighted by atomic mass is 9.99. The van der Waals surface area contributed by atoms with Crippen LogP contribution in [0.3, 0.4) is 0 Å². The van der Waals surface area contributed by atoms with Gasteiger partial charge in [0.1, 0.15) is 0 Å². The Balaban J connectivity index is 1.64. The third-order valence-corrected chi connectivity index (χ3v) is 6.99. The summed E-state index contributed by atoms with van der Waals surface area (Å²) in [5, 5.41) is 0. The summed E-state index contributed by atoms with van der Waals surface area (Å²) in [4.78, 5) is 12.1. The van der Waals surface area contributed by atoms with Crippen molar-refractivity contribution >= 4 is 37.8 Å². The fourth-order valence-electron chi connectivity index (χ4n) is 3.12. The van der Waals surface area contributed by atoms with Gasteiger partial charge in [-0.05, 0) is 49.0 Å². The summed E-state index contributed by atoms with van der Waals surface area (Å²) in [7, 11) is -4.06. The highest BCUT2D eigenvalue weighted by molar-refractivity contribution is 9.10. The van der Waals surface area contributed by atoms with E-state index in [-0.39, 0.29) is 6.54 Å². The molecule has 8 heteroatoms. The first-order valence-electron chi connectivity index (χ1n) is 8.63. The van der Waals surface area contributed by atoms with Crippen LogP contribution in [0.2, 0.25) is 0 Å². The van der Waals surface area contributed by atoms with Gasteiger partial charge in [0.15, 0.2) is 0 Å². The van der Waals surface area contributed by atoms with Gasteiger partial charge < -0.3 is 8.92 Å². The molecule has 0 bridgehead atoms. The first-order chi connectivity index (χ1) is 12.4. The summed E-state index contributed by atoms with van der Waals surface area (Å²) in [5.74, 6) is -1.08. The molecule has 0 atom stereocenters. The second kappa shape index (κ2) is 8.21. The van der Waals surface area contributed by atoms with E-state index in [9.17, 15) is 13.2 Å². The lowest BCUT2D eigenvalue weighted by molar-refractivity contribution is -0.141. The van der Waals surface area contributed by atoms with Gasteiger partial charge in [0.25, 0.3) is 0 Å². The molecular weight excluding hydrogens is 422 g/mol. The van der Waals surface area contributed by atoms with Gasteiger partial charge in [-0.15, -0.1) is 0 Å². The van der Waals surface area contributed by atoms with Crippen molar-refractivity contribution in [3.05, 3.63) is 39.9 Å². The van der Waals surface area contributed by atoms with Crippen molar-refractivity contribution in [1.29, 1.82) is 0 Å². The van der Waals surface area contributed by atoms with Crippen molar-refractivity contribution in [2.45, 2.75) is 26.2 Å². The fourth-order valence-corrected chi connectivity index (χ4v) is 4.39. The Morgan fingerprint density at radius 1 is 1.31 bits per heavy atom. The number of rotatable bonds is 4. The van der Waals surface area contributed by atoms with E-state index in [0.717, 1.165) is 21.2 Å². The van der Waals surface area contributed by atoms with Crippen molar-refractivity contribution < 1.29 is 22.1 Å². The molecule has 26 heavy (non-hydrogen) atoms. The van der Waals surface area contributed by atoms with Crippen LogP contribution < -0.4 is 0 Å². The van der Waals surface area contributed by atoms with E-state index in [4.69, 9.17) is 8.92 Å². The minimum atomic E-state index is -4.06. The Kier molecular flexibility index (Phi) is 6.17. The maximum atomic E-state index is 12.4. The number of carbonyl (C=O) groups is 1. The second-order valence-corrected chi connectivity index (χ2v) is 8.94. The van der Waals surface area contributed by atoms with Crippen LogP contribution in [0.5, 0.6) is 0 Å². The molecule has 0 saturated carbocycles. The number of halogens is 1. The average Bonchev–Trinajstić information content (AvgIpc) is 2.64. The largest absolute Gasteiger partial charge is 0.387 e. The van der Waals surface area contributed by atoms with Crippen LogP contribution in [0.4, 0.5) is 0 Å². The van der Waals surface area contributed by atoms with E-state index in [0.29, 0.717) is 39.0 Å². The predicted octanol–water partition coefficient (Wildman–Crippen LogP) is 3.06. The minimum absolute atomic E-state index is 0.202. The van der Waals surface area contributed by atoms with Gasteiger partial charge >= 0.3 is 16.3 Å². The first kappa shape index (κ1) is 19.5. The van der Waals surface area contributed by atoms with Gasteiger partial charge in [-0.3, -0.25) is 4.79 Å². The fraction of sp³-hybridized carbons (Fsp3) is 0.500. The summed E-state index contributed by atoms with van der Waals surface area (Å²) < 4.78 is 37.1. The summed E-state index contributed by atoms with van der Waals surface area (Å²) in [6, 6.07) is 6.08. The number of ether oxygens (including phenoxy) is 1. The lowest BCUT2D eigenvalue weighted by Gasteiger charge is -2.26. The Hall–Kier alpha value is -1.22. The maximum absolute atomic E-state index is 12.4. The zero-order valence-corrected chi connectivity index (χ0v) is 17.0. The molecule has 0 radical (unpaired) electrons. The normalized spacial score (nSPS) is 19.8. The van der Waals surface area contributed by atoms with Gasteiger partial charge in [0.05, 0.1) is 5.92 Å². The van der Waals surface area contributed by atoms with E-state index < -0.39 is 22.2 Å². The second-order valence-electron chi connectivity index (χ2n) is 6.55.